The molecular weight excluding hydrogens is 226 g/mol. The van der Waals surface area contributed by atoms with Crippen LogP contribution < -0.4 is 16.6 Å². The molecule has 0 aliphatic heterocycles. The third kappa shape index (κ3) is 3.87. The number of nitrogens with one attached hydrogen (secondary N) is 3. The number of rotatable bonds is 4. The number of aliphatic hydroxyl groups excluding tert-OH is 1. The number of hydrogen-bond donors (Lipinski definition) is 4. The van der Waals surface area contributed by atoms with Crippen molar-refractivity contribution in [1.29, 1.82) is 0 Å². The average Bonchev–Trinajstić information content (AvgIpc) is 2.14. The van der Waals surface area contributed by atoms with Crippen LogP contribution in [-0.4, -0.2) is 33.1 Å². The van der Waals surface area contributed by atoms with E-state index in [9.17, 15) is 14.4 Å². The van der Waals surface area contributed by atoms with Gasteiger partial charge in [0.15, 0.2) is 0 Å². The van der Waals surface area contributed by atoms with Crippen molar-refractivity contribution in [3.05, 3.63) is 32.6 Å². The molecule has 17 heavy (non-hydrogen) atoms. The van der Waals surface area contributed by atoms with E-state index in [-0.39, 0.29) is 12.3 Å². The molecule has 0 aliphatic rings. The highest BCUT2D eigenvalue weighted by molar-refractivity contribution is 5.92. The van der Waals surface area contributed by atoms with Crippen LogP contribution in [0.5, 0.6) is 0 Å². The number of carbonyl (C=O) groups excluding carboxylic acids is 1. The highest BCUT2D eigenvalue weighted by atomic mass is 16.3. The Morgan fingerprint density at radius 1 is 1.41 bits per heavy atom. The summed E-state index contributed by atoms with van der Waals surface area (Å²) in [4.78, 5) is 37.9. The lowest BCUT2D eigenvalue weighted by Gasteiger charge is -2.25. The molecular formula is C10H15N3O4. The van der Waals surface area contributed by atoms with Gasteiger partial charge in [0.1, 0.15) is 5.69 Å². The predicted molar refractivity (Wildman–Crippen MR) is 60.9 cm³/mol. The second-order valence-electron chi connectivity index (χ2n) is 4.31. The Labute approximate surface area is 96.9 Å². The summed E-state index contributed by atoms with van der Waals surface area (Å²) in [6.07, 6.45) is 0.367. The molecule has 0 radical (unpaired) electrons. The van der Waals surface area contributed by atoms with Gasteiger partial charge in [0.2, 0.25) is 0 Å². The van der Waals surface area contributed by atoms with Crippen molar-refractivity contribution in [2.75, 3.05) is 6.61 Å². The molecule has 0 bridgehead atoms. The van der Waals surface area contributed by atoms with Gasteiger partial charge in [-0.25, -0.2) is 4.79 Å². The first-order valence-corrected chi connectivity index (χ1v) is 5.11. The van der Waals surface area contributed by atoms with Gasteiger partial charge in [0.25, 0.3) is 11.5 Å². The van der Waals surface area contributed by atoms with Crippen LogP contribution in [0.15, 0.2) is 15.7 Å². The summed E-state index contributed by atoms with van der Waals surface area (Å²) in [5, 5.41) is 11.4. The third-order valence-electron chi connectivity index (χ3n) is 2.19. The van der Waals surface area contributed by atoms with Crippen LogP contribution in [0.2, 0.25) is 0 Å². The average molecular weight is 241 g/mol. The number of amides is 1. The van der Waals surface area contributed by atoms with Crippen LogP contribution >= 0.6 is 0 Å². The lowest BCUT2D eigenvalue weighted by Crippen LogP contribution is -2.45. The topological polar surface area (TPSA) is 115 Å². The van der Waals surface area contributed by atoms with Crippen molar-refractivity contribution in [3.8, 4) is 0 Å². The van der Waals surface area contributed by atoms with E-state index in [0.717, 1.165) is 6.07 Å². The standard InChI is InChI=1S/C10H15N3O4/c1-10(2,3-4-14)13-8(16)6-5-7(15)12-9(17)11-6/h5,14H,3-4H2,1-2H3,(H,13,16)(H2,11,12,15,17). The van der Waals surface area contributed by atoms with E-state index in [1.54, 1.807) is 13.8 Å². The summed E-state index contributed by atoms with van der Waals surface area (Å²) in [7, 11) is 0. The van der Waals surface area contributed by atoms with Crippen molar-refractivity contribution in [1.82, 2.24) is 15.3 Å². The molecule has 1 amide bonds. The monoisotopic (exact) mass is 241 g/mol. The maximum absolute atomic E-state index is 11.7. The van der Waals surface area contributed by atoms with E-state index in [4.69, 9.17) is 5.11 Å². The Kier molecular flexibility index (Phi) is 3.84. The lowest BCUT2D eigenvalue weighted by molar-refractivity contribution is 0.0893. The Morgan fingerprint density at radius 2 is 2.06 bits per heavy atom. The Balaban J connectivity index is 2.90. The van der Waals surface area contributed by atoms with Gasteiger partial charge in [-0.2, -0.15) is 0 Å². The summed E-state index contributed by atoms with van der Waals surface area (Å²) in [5.74, 6) is -0.563. The molecule has 1 aromatic rings. The van der Waals surface area contributed by atoms with Gasteiger partial charge in [0.05, 0.1) is 0 Å². The minimum atomic E-state index is -0.734. The van der Waals surface area contributed by atoms with E-state index in [0.29, 0.717) is 6.42 Å². The molecule has 0 saturated carbocycles. The van der Waals surface area contributed by atoms with Crippen LogP contribution in [-0.2, 0) is 0 Å². The summed E-state index contributed by atoms with van der Waals surface area (Å²) in [6.45, 7) is 3.39. The Morgan fingerprint density at radius 3 is 2.59 bits per heavy atom. The van der Waals surface area contributed by atoms with E-state index in [1.165, 1.54) is 0 Å². The van der Waals surface area contributed by atoms with Crippen molar-refractivity contribution in [2.45, 2.75) is 25.8 Å². The lowest BCUT2D eigenvalue weighted by atomic mass is 10.0. The molecule has 7 nitrogen and oxygen atoms in total. The zero-order valence-electron chi connectivity index (χ0n) is 9.66. The maximum Gasteiger partial charge on any atom is 0.326 e. The summed E-state index contributed by atoms with van der Waals surface area (Å²) in [6, 6.07) is 1.01. The SMILES string of the molecule is CC(C)(CCO)NC(=O)c1cc(=O)[nH]c(=O)[nH]1. The fraction of sp³-hybridized carbons (Fsp3) is 0.500. The van der Waals surface area contributed by atoms with E-state index in [1.807, 2.05) is 4.98 Å². The number of hydrogen-bond acceptors (Lipinski definition) is 4. The molecule has 94 valence electrons. The second-order valence-corrected chi connectivity index (χ2v) is 4.31. The fourth-order valence-electron chi connectivity index (χ4n) is 1.31. The van der Waals surface area contributed by atoms with Gasteiger partial charge >= 0.3 is 5.69 Å². The van der Waals surface area contributed by atoms with Gasteiger partial charge < -0.3 is 15.4 Å². The molecule has 0 atom stereocenters. The molecule has 1 aromatic heterocycles. The van der Waals surface area contributed by atoms with Gasteiger partial charge in [-0.3, -0.25) is 14.6 Å². The van der Waals surface area contributed by atoms with Crippen molar-refractivity contribution < 1.29 is 9.90 Å². The van der Waals surface area contributed by atoms with Crippen LogP contribution in [0.25, 0.3) is 0 Å². The number of carbonyl (C=O) groups is 1. The number of H-pyrrole nitrogens is 2. The zero-order chi connectivity index (χ0) is 13.1. The molecule has 1 heterocycles. The van der Waals surface area contributed by atoms with Crippen LogP contribution in [0.1, 0.15) is 30.8 Å². The second kappa shape index (κ2) is 4.96. The molecule has 7 heteroatoms. The highest BCUT2D eigenvalue weighted by Gasteiger charge is 2.21. The first-order chi connectivity index (χ1) is 7.84. The molecule has 0 unspecified atom stereocenters. The molecule has 0 saturated heterocycles. The van der Waals surface area contributed by atoms with Gasteiger partial charge in [-0.15, -0.1) is 0 Å². The summed E-state index contributed by atoms with van der Waals surface area (Å²) >= 11 is 0. The molecule has 0 fully saturated rings. The Hall–Kier alpha value is -1.89. The van der Waals surface area contributed by atoms with Gasteiger partial charge in [-0.05, 0) is 20.3 Å². The smallest absolute Gasteiger partial charge is 0.326 e. The molecule has 4 N–H and O–H groups in total. The molecule has 0 aromatic carbocycles. The molecule has 1 rings (SSSR count). The summed E-state index contributed by atoms with van der Waals surface area (Å²) < 4.78 is 0. The molecule has 0 aliphatic carbocycles. The predicted octanol–water partition coefficient (Wildman–Crippen LogP) is -1.05. The van der Waals surface area contributed by atoms with E-state index in [2.05, 4.69) is 10.3 Å². The maximum atomic E-state index is 11.7. The van der Waals surface area contributed by atoms with Crippen LogP contribution in [0, 0.1) is 0 Å². The summed E-state index contributed by atoms with van der Waals surface area (Å²) in [5.41, 5.74) is -2.10. The molecule has 0 spiro atoms. The first kappa shape index (κ1) is 13.2. The fourth-order valence-corrected chi connectivity index (χ4v) is 1.31. The van der Waals surface area contributed by atoms with Crippen molar-refractivity contribution in [3.63, 3.8) is 0 Å². The normalized spacial score (nSPS) is 11.2. The van der Waals surface area contributed by atoms with Gasteiger partial charge in [0, 0.05) is 18.2 Å². The van der Waals surface area contributed by atoms with Crippen LogP contribution in [0.4, 0.5) is 0 Å². The first-order valence-electron chi connectivity index (χ1n) is 5.11. The minimum absolute atomic E-state index is 0.0703. The van der Waals surface area contributed by atoms with E-state index < -0.39 is 22.7 Å². The minimum Gasteiger partial charge on any atom is -0.396 e. The van der Waals surface area contributed by atoms with Crippen molar-refractivity contribution in [2.24, 2.45) is 0 Å². The number of aliphatic hydroxyl groups is 1. The number of aromatic nitrogens is 2. The zero-order valence-corrected chi connectivity index (χ0v) is 9.66. The third-order valence-corrected chi connectivity index (χ3v) is 2.19. The van der Waals surface area contributed by atoms with Crippen LogP contribution in [0.3, 0.4) is 0 Å². The quantitative estimate of drug-likeness (QED) is 0.538. The van der Waals surface area contributed by atoms with Crippen molar-refractivity contribution >= 4 is 5.91 Å². The van der Waals surface area contributed by atoms with Gasteiger partial charge in [-0.1, -0.05) is 0 Å². The largest absolute Gasteiger partial charge is 0.396 e. The Bertz CT molecular complexity index is 487. The number of aromatic amines is 2. The van der Waals surface area contributed by atoms with E-state index >= 15 is 0 Å². The highest BCUT2D eigenvalue weighted by Crippen LogP contribution is 2.07.